The molecule has 0 fully saturated rings. The Balaban J connectivity index is 2.91. The molecule has 0 saturated heterocycles. The zero-order valence-corrected chi connectivity index (χ0v) is 11.5. The number of benzene rings is 1. The summed E-state index contributed by atoms with van der Waals surface area (Å²) in [4.78, 5) is 10.2. The normalized spacial score (nSPS) is 9.93. The molecule has 0 radical (unpaired) electrons. The molecule has 0 aliphatic rings. The first-order chi connectivity index (χ1) is 6.50. The fourth-order valence-corrected chi connectivity index (χ4v) is 3.29. The van der Waals surface area contributed by atoms with E-state index in [9.17, 15) is 9.90 Å². The van der Waals surface area contributed by atoms with E-state index in [1.54, 1.807) is 12.1 Å². The Bertz CT molecular complexity index is 342. The Morgan fingerprint density at radius 3 is 2.21 bits per heavy atom. The number of ether oxygens (including phenoxy) is 1. The minimum atomic E-state index is -1.26. The molecule has 0 amide bonds. The van der Waals surface area contributed by atoms with Gasteiger partial charge in [0.15, 0.2) is 0 Å². The quantitative estimate of drug-likeness (QED) is 0.798. The van der Waals surface area contributed by atoms with Gasteiger partial charge in [-0.2, -0.15) is 0 Å². The van der Waals surface area contributed by atoms with Crippen molar-refractivity contribution in [2.45, 2.75) is 0 Å². The lowest BCUT2D eigenvalue weighted by atomic mass is 10.3. The van der Waals surface area contributed by atoms with Crippen LogP contribution in [0.4, 0.5) is 0 Å². The van der Waals surface area contributed by atoms with Gasteiger partial charge in [0.25, 0.3) is 0 Å². The molecule has 0 heterocycles. The summed E-state index contributed by atoms with van der Waals surface area (Å²) < 4.78 is 7.20. The zero-order chi connectivity index (χ0) is 10.7. The highest BCUT2D eigenvalue weighted by Crippen LogP contribution is 2.36. The van der Waals surface area contributed by atoms with E-state index in [2.05, 4.69) is 47.8 Å². The maximum atomic E-state index is 10.2. The second-order valence-electron chi connectivity index (χ2n) is 2.36. The molecule has 76 valence electrons. The molecule has 3 nitrogen and oxygen atoms in total. The van der Waals surface area contributed by atoms with Gasteiger partial charge in [-0.15, -0.1) is 0 Å². The highest BCUT2D eigenvalue weighted by molar-refractivity contribution is 9.11. The molecule has 0 spiro atoms. The highest BCUT2D eigenvalue weighted by atomic mass is 79.9. The van der Waals surface area contributed by atoms with Crippen molar-refractivity contribution in [1.82, 2.24) is 0 Å². The summed E-state index contributed by atoms with van der Waals surface area (Å²) in [5.41, 5.74) is 0. The van der Waals surface area contributed by atoms with Crippen molar-refractivity contribution >= 4 is 53.8 Å². The van der Waals surface area contributed by atoms with E-state index >= 15 is 0 Å². The summed E-state index contributed by atoms with van der Waals surface area (Å²) in [6.07, 6.45) is 0. The lowest BCUT2D eigenvalue weighted by Crippen LogP contribution is -2.29. The maximum Gasteiger partial charge on any atom is 0.148 e. The molecule has 1 aromatic carbocycles. The van der Waals surface area contributed by atoms with Gasteiger partial charge in [0.05, 0.1) is 14.9 Å². The Morgan fingerprint density at radius 2 is 1.79 bits per heavy atom. The third-order valence-electron chi connectivity index (χ3n) is 1.30. The van der Waals surface area contributed by atoms with Gasteiger partial charge in [0, 0.05) is 4.47 Å². The molecule has 0 saturated carbocycles. The molecule has 0 aliphatic heterocycles. The minimum absolute atomic E-state index is 0.442. The van der Waals surface area contributed by atoms with Gasteiger partial charge in [-0.25, -0.2) is 0 Å². The predicted octanol–water partition coefficient (Wildman–Crippen LogP) is 2.10. The third-order valence-corrected chi connectivity index (χ3v) is 2.93. The monoisotopic (exact) mass is 385 g/mol. The van der Waals surface area contributed by atoms with Gasteiger partial charge in [0.2, 0.25) is 0 Å². The largest absolute Gasteiger partial charge is 0.546 e. The van der Waals surface area contributed by atoms with Crippen molar-refractivity contribution < 1.29 is 14.6 Å². The van der Waals surface area contributed by atoms with Crippen molar-refractivity contribution in [2.24, 2.45) is 0 Å². The second-order valence-corrected chi connectivity index (χ2v) is 4.98. The number of aliphatic carboxylic acids is 1. The van der Waals surface area contributed by atoms with Crippen LogP contribution in [0.1, 0.15) is 0 Å². The molecular weight excluding hydrogens is 384 g/mol. The van der Waals surface area contributed by atoms with Crippen molar-refractivity contribution in [3.05, 3.63) is 25.6 Å². The smallest absolute Gasteiger partial charge is 0.148 e. The van der Waals surface area contributed by atoms with Crippen LogP contribution in [-0.2, 0) is 4.79 Å². The van der Waals surface area contributed by atoms with Crippen LogP contribution in [0.5, 0.6) is 5.75 Å². The van der Waals surface area contributed by atoms with Gasteiger partial charge in [-0.3, -0.25) is 0 Å². The molecule has 0 atom stereocenters. The van der Waals surface area contributed by atoms with E-state index in [4.69, 9.17) is 4.74 Å². The summed E-state index contributed by atoms with van der Waals surface area (Å²) in [6, 6.07) is 3.52. The Labute approximate surface area is 106 Å². The van der Waals surface area contributed by atoms with Gasteiger partial charge in [0.1, 0.15) is 12.4 Å². The predicted molar refractivity (Wildman–Crippen MR) is 60.0 cm³/mol. The molecule has 0 unspecified atom stereocenters. The Kier molecular flexibility index (Phi) is 4.40. The summed E-state index contributed by atoms with van der Waals surface area (Å²) in [5.74, 6) is -0.816. The van der Waals surface area contributed by atoms with Crippen LogP contribution in [0.2, 0.25) is 0 Å². The fraction of sp³-hybridized carbons (Fsp3) is 0.125. The number of hydrogen-bond donors (Lipinski definition) is 0. The second kappa shape index (κ2) is 5.14. The Hall–Kier alpha value is -0.0700. The number of hydrogen-bond acceptors (Lipinski definition) is 3. The van der Waals surface area contributed by atoms with Crippen LogP contribution in [-0.4, -0.2) is 12.6 Å². The maximum absolute atomic E-state index is 10.2. The number of halogens is 3. The third kappa shape index (κ3) is 3.25. The molecule has 0 N–H and O–H groups in total. The number of rotatable bonds is 3. The average molecular weight is 388 g/mol. The van der Waals surface area contributed by atoms with Crippen molar-refractivity contribution in [3.63, 3.8) is 0 Å². The van der Waals surface area contributed by atoms with E-state index in [0.717, 1.165) is 4.47 Å². The zero-order valence-electron chi connectivity index (χ0n) is 6.72. The standard InChI is InChI=1S/C8H5Br3O3/c9-4-1-5(10)8(6(11)2-4)14-3-7(12)13/h1-2H,3H2,(H,12,13)/p-1. The summed E-state index contributed by atoms with van der Waals surface area (Å²) in [5, 5.41) is 10.2. The van der Waals surface area contributed by atoms with Crippen LogP contribution >= 0.6 is 47.8 Å². The summed E-state index contributed by atoms with van der Waals surface area (Å²) in [7, 11) is 0. The summed E-state index contributed by atoms with van der Waals surface area (Å²) in [6.45, 7) is -0.473. The molecule has 14 heavy (non-hydrogen) atoms. The SMILES string of the molecule is O=C([O-])COc1c(Br)cc(Br)cc1Br. The van der Waals surface area contributed by atoms with Gasteiger partial charge >= 0.3 is 0 Å². The number of carboxylic acid groups (broad SMARTS) is 1. The van der Waals surface area contributed by atoms with Crippen molar-refractivity contribution in [3.8, 4) is 5.75 Å². The van der Waals surface area contributed by atoms with Crippen LogP contribution in [0, 0.1) is 0 Å². The van der Waals surface area contributed by atoms with Gasteiger partial charge in [-0.05, 0) is 44.0 Å². The topological polar surface area (TPSA) is 49.4 Å². The van der Waals surface area contributed by atoms with E-state index < -0.39 is 12.6 Å². The molecule has 1 aromatic rings. The molecule has 1 rings (SSSR count). The lowest BCUT2D eigenvalue weighted by molar-refractivity contribution is -0.307. The molecular formula is C8H4Br3O3-. The first-order valence-electron chi connectivity index (χ1n) is 3.48. The van der Waals surface area contributed by atoms with Crippen molar-refractivity contribution in [1.29, 1.82) is 0 Å². The number of carboxylic acids is 1. The average Bonchev–Trinajstić information content (AvgIpc) is 2.01. The first kappa shape index (κ1) is 12.0. The van der Waals surface area contributed by atoms with Crippen molar-refractivity contribution in [2.75, 3.05) is 6.61 Å². The number of carbonyl (C=O) groups excluding carboxylic acids is 1. The van der Waals surface area contributed by atoms with E-state index in [0.29, 0.717) is 14.7 Å². The number of carbonyl (C=O) groups is 1. The first-order valence-corrected chi connectivity index (χ1v) is 5.86. The molecule has 0 aliphatic carbocycles. The van der Waals surface area contributed by atoms with Gasteiger partial charge in [-0.1, -0.05) is 15.9 Å². The van der Waals surface area contributed by atoms with E-state index in [1.807, 2.05) is 0 Å². The summed E-state index contributed by atoms with van der Waals surface area (Å²) >= 11 is 9.78. The Morgan fingerprint density at radius 1 is 1.29 bits per heavy atom. The van der Waals surface area contributed by atoms with E-state index in [-0.39, 0.29) is 0 Å². The van der Waals surface area contributed by atoms with Crippen LogP contribution in [0.15, 0.2) is 25.6 Å². The molecule has 0 aromatic heterocycles. The van der Waals surface area contributed by atoms with E-state index in [1.165, 1.54) is 0 Å². The fourth-order valence-electron chi connectivity index (χ4n) is 0.798. The van der Waals surface area contributed by atoms with Crippen LogP contribution in [0.25, 0.3) is 0 Å². The molecule has 0 bridgehead atoms. The van der Waals surface area contributed by atoms with Gasteiger partial charge < -0.3 is 14.6 Å². The van der Waals surface area contributed by atoms with Crippen LogP contribution in [0.3, 0.4) is 0 Å². The van der Waals surface area contributed by atoms with Crippen LogP contribution < -0.4 is 9.84 Å². The minimum Gasteiger partial charge on any atom is -0.546 e. The highest BCUT2D eigenvalue weighted by Gasteiger charge is 2.07. The lowest BCUT2D eigenvalue weighted by Gasteiger charge is -2.10. The molecule has 6 heteroatoms.